The van der Waals surface area contributed by atoms with Crippen molar-refractivity contribution in [3.8, 4) is 11.5 Å². The zero-order valence-electron chi connectivity index (χ0n) is 17.1. The Kier molecular flexibility index (Phi) is 9.54. The molecule has 7 nitrogen and oxygen atoms in total. The molecular formula is C21H32O7. The molecule has 28 heavy (non-hydrogen) atoms. The second kappa shape index (κ2) is 11.9. The Balaban J connectivity index is 1.92. The lowest BCUT2D eigenvalue weighted by Crippen LogP contribution is -2.34. The van der Waals surface area contributed by atoms with Gasteiger partial charge < -0.3 is 28.4 Å². The Morgan fingerprint density at radius 3 is 2.71 bits per heavy atom. The normalized spacial score (nSPS) is 19.1. The molecule has 2 atom stereocenters. The second-order valence-corrected chi connectivity index (χ2v) is 6.73. The molecule has 1 aliphatic rings. The minimum atomic E-state index is -0.849. The van der Waals surface area contributed by atoms with Gasteiger partial charge in [-0.1, -0.05) is 25.8 Å². The number of methoxy groups -OCH3 is 1. The molecule has 1 aromatic carbocycles. The number of hydrogen-bond donors (Lipinski definition) is 0. The number of carbonyl (C=O) groups excluding carboxylic acids is 1. The summed E-state index contributed by atoms with van der Waals surface area (Å²) in [4.78, 5) is 12.2. The molecule has 1 aliphatic heterocycles. The van der Waals surface area contributed by atoms with E-state index in [1.807, 2.05) is 24.3 Å². The Morgan fingerprint density at radius 2 is 2.04 bits per heavy atom. The van der Waals surface area contributed by atoms with Crippen LogP contribution in [0.3, 0.4) is 0 Å². The van der Waals surface area contributed by atoms with E-state index < -0.39 is 5.60 Å². The summed E-state index contributed by atoms with van der Waals surface area (Å²) in [6, 6.07) is 7.41. The molecular weight excluding hydrogens is 364 g/mol. The number of esters is 1. The van der Waals surface area contributed by atoms with Gasteiger partial charge in [0, 0.05) is 19.6 Å². The molecule has 0 saturated carbocycles. The molecule has 0 amide bonds. The van der Waals surface area contributed by atoms with Crippen molar-refractivity contribution >= 4 is 5.97 Å². The van der Waals surface area contributed by atoms with E-state index in [2.05, 4.69) is 6.92 Å². The fourth-order valence-electron chi connectivity index (χ4n) is 2.81. The standard InChI is InChI=1S/C21H32O7/c1-4-6-8-19(14-21(15-27-21)20(22)25-5-2)28-18-10-7-9-17(13-18)26-16-24-12-11-23-3/h7,9-10,13,19H,4-6,8,11-12,14-16H2,1-3H3. The Morgan fingerprint density at radius 1 is 1.25 bits per heavy atom. The molecule has 0 spiro atoms. The number of ether oxygens (including phenoxy) is 6. The number of carbonyl (C=O) groups is 1. The van der Waals surface area contributed by atoms with Gasteiger partial charge in [-0.05, 0) is 25.5 Å². The third-order valence-electron chi connectivity index (χ3n) is 4.43. The fourth-order valence-corrected chi connectivity index (χ4v) is 2.81. The molecule has 0 aromatic heterocycles. The van der Waals surface area contributed by atoms with Crippen LogP contribution in [0.2, 0.25) is 0 Å². The van der Waals surface area contributed by atoms with E-state index in [-0.39, 0.29) is 18.9 Å². The molecule has 0 aliphatic carbocycles. The van der Waals surface area contributed by atoms with Crippen LogP contribution >= 0.6 is 0 Å². The van der Waals surface area contributed by atoms with Crippen molar-refractivity contribution in [1.29, 1.82) is 0 Å². The highest BCUT2D eigenvalue weighted by atomic mass is 16.7. The van der Waals surface area contributed by atoms with Gasteiger partial charge in [-0.15, -0.1) is 0 Å². The highest BCUT2D eigenvalue weighted by Crippen LogP contribution is 2.36. The minimum absolute atomic E-state index is 0.139. The fraction of sp³-hybridized carbons (Fsp3) is 0.667. The van der Waals surface area contributed by atoms with Crippen LogP contribution in [0, 0.1) is 0 Å². The number of hydrogen-bond acceptors (Lipinski definition) is 7. The molecule has 0 N–H and O–H groups in total. The molecule has 2 rings (SSSR count). The second-order valence-electron chi connectivity index (χ2n) is 6.73. The third-order valence-corrected chi connectivity index (χ3v) is 4.43. The van der Waals surface area contributed by atoms with Crippen LogP contribution in [-0.2, 0) is 23.7 Å². The molecule has 0 bridgehead atoms. The average molecular weight is 396 g/mol. The monoisotopic (exact) mass is 396 g/mol. The van der Waals surface area contributed by atoms with Crippen LogP contribution in [0.1, 0.15) is 39.5 Å². The van der Waals surface area contributed by atoms with E-state index in [9.17, 15) is 4.79 Å². The maximum absolute atomic E-state index is 12.2. The lowest BCUT2D eigenvalue weighted by Gasteiger charge is -2.22. The summed E-state index contributed by atoms with van der Waals surface area (Å²) < 4.78 is 32.6. The van der Waals surface area contributed by atoms with Gasteiger partial charge >= 0.3 is 5.97 Å². The predicted octanol–water partition coefficient (Wildman–Crippen LogP) is 3.35. The van der Waals surface area contributed by atoms with Crippen LogP contribution in [0.15, 0.2) is 24.3 Å². The molecule has 7 heteroatoms. The highest BCUT2D eigenvalue weighted by molar-refractivity contribution is 5.82. The smallest absolute Gasteiger partial charge is 0.340 e. The van der Waals surface area contributed by atoms with Gasteiger partial charge in [0.2, 0.25) is 0 Å². The summed E-state index contributed by atoms with van der Waals surface area (Å²) >= 11 is 0. The van der Waals surface area contributed by atoms with Crippen LogP contribution in [-0.4, -0.2) is 58.0 Å². The highest BCUT2D eigenvalue weighted by Gasteiger charge is 2.55. The van der Waals surface area contributed by atoms with Crippen molar-refractivity contribution in [2.75, 3.05) is 40.3 Å². The van der Waals surface area contributed by atoms with Crippen molar-refractivity contribution in [2.45, 2.75) is 51.2 Å². The molecule has 1 aromatic rings. The van der Waals surface area contributed by atoms with E-state index in [4.69, 9.17) is 28.4 Å². The maximum Gasteiger partial charge on any atom is 0.340 e. The van der Waals surface area contributed by atoms with Crippen molar-refractivity contribution in [3.05, 3.63) is 24.3 Å². The van der Waals surface area contributed by atoms with E-state index >= 15 is 0 Å². The Labute approximate surface area is 167 Å². The number of rotatable bonds is 15. The van der Waals surface area contributed by atoms with Gasteiger partial charge in [-0.25, -0.2) is 4.79 Å². The molecule has 0 radical (unpaired) electrons. The van der Waals surface area contributed by atoms with Crippen LogP contribution in [0.5, 0.6) is 11.5 Å². The Hall–Kier alpha value is -1.83. The molecule has 1 fully saturated rings. The van der Waals surface area contributed by atoms with Gasteiger partial charge in [0.05, 0.1) is 26.4 Å². The predicted molar refractivity (Wildman–Crippen MR) is 104 cm³/mol. The van der Waals surface area contributed by atoms with E-state index in [1.54, 1.807) is 14.0 Å². The van der Waals surface area contributed by atoms with Gasteiger partial charge in [-0.2, -0.15) is 0 Å². The van der Waals surface area contributed by atoms with Gasteiger partial charge in [0.1, 0.15) is 17.6 Å². The first-order valence-electron chi connectivity index (χ1n) is 9.91. The van der Waals surface area contributed by atoms with Crippen LogP contribution < -0.4 is 9.47 Å². The first-order chi connectivity index (χ1) is 13.6. The zero-order valence-corrected chi connectivity index (χ0v) is 17.1. The summed E-state index contributed by atoms with van der Waals surface area (Å²) in [6.07, 6.45) is 3.24. The van der Waals surface area contributed by atoms with E-state index in [0.29, 0.717) is 44.3 Å². The largest absolute Gasteiger partial charge is 0.490 e. The van der Waals surface area contributed by atoms with Crippen molar-refractivity contribution in [3.63, 3.8) is 0 Å². The Bertz CT molecular complexity index is 586. The molecule has 2 unspecified atom stereocenters. The summed E-state index contributed by atoms with van der Waals surface area (Å²) in [7, 11) is 1.62. The summed E-state index contributed by atoms with van der Waals surface area (Å²) in [6.45, 7) is 5.80. The minimum Gasteiger partial charge on any atom is -0.490 e. The number of epoxide rings is 1. The molecule has 1 saturated heterocycles. The maximum atomic E-state index is 12.2. The van der Waals surface area contributed by atoms with Crippen molar-refractivity contribution < 1.29 is 33.2 Å². The molecule has 1 heterocycles. The van der Waals surface area contributed by atoms with Crippen LogP contribution in [0.4, 0.5) is 0 Å². The SMILES string of the molecule is CCCCC(CC1(C(=O)OCC)CO1)Oc1cccc(OCOCCOC)c1. The van der Waals surface area contributed by atoms with Crippen LogP contribution in [0.25, 0.3) is 0 Å². The van der Waals surface area contributed by atoms with Crippen molar-refractivity contribution in [2.24, 2.45) is 0 Å². The van der Waals surface area contributed by atoms with Crippen molar-refractivity contribution in [1.82, 2.24) is 0 Å². The van der Waals surface area contributed by atoms with E-state index in [0.717, 1.165) is 19.3 Å². The number of unbranched alkanes of at least 4 members (excludes halogenated alkanes) is 1. The zero-order chi connectivity index (χ0) is 20.2. The summed E-state index contributed by atoms with van der Waals surface area (Å²) in [5.41, 5.74) is -0.849. The lowest BCUT2D eigenvalue weighted by atomic mass is 9.98. The number of benzene rings is 1. The average Bonchev–Trinajstić information content (AvgIpc) is 3.47. The van der Waals surface area contributed by atoms with Gasteiger partial charge in [-0.3, -0.25) is 0 Å². The van der Waals surface area contributed by atoms with Gasteiger partial charge in [0.25, 0.3) is 0 Å². The quantitative estimate of drug-likeness (QED) is 0.195. The summed E-state index contributed by atoms with van der Waals surface area (Å²) in [5, 5.41) is 0. The first-order valence-corrected chi connectivity index (χ1v) is 9.91. The molecule has 158 valence electrons. The summed E-state index contributed by atoms with van der Waals surface area (Å²) in [5.74, 6) is 1.05. The van der Waals surface area contributed by atoms with E-state index in [1.165, 1.54) is 0 Å². The van der Waals surface area contributed by atoms with Gasteiger partial charge in [0.15, 0.2) is 12.4 Å². The third kappa shape index (κ3) is 7.30. The lowest BCUT2D eigenvalue weighted by molar-refractivity contribution is -0.150. The topological polar surface area (TPSA) is 75.8 Å². The first kappa shape index (κ1) is 22.5.